The van der Waals surface area contributed by atoms with E-state index in [2.05, 4.69) is 32.6 Å². The highest BCUT2D eigenvalue weighted by atomic mass is 15.2. The maximum absolute atomic E-state index is 5.95. The van der Waals surface area contributed by atoms with Gasteiger partial charge < -0.3 is 5.73 Å². The summed E-state index contributed by atoms with van der Waals surface area (Å²) in [5.41, 5.74) is 5.95. The van der Waals surface area contributed by atoms with Gasteiger partial charge >= 0.3 is 0 Å². The second-order valence-corrected chi connectivity index (χ2v) is 4.60. The van der Waals surface area contributed by atoms with E-state index in [0.717, 1.165) is 12.5 Å². The molecule has 2 N–H and O–H groups in total. The Morgan fingerprint density at radius 3 is 2.17 bits per heavy atom. The Balaban J connectivity index is 2.59. The number of likely N-dealkylation sites (tertiary alicyclic amines) is 1. The van der Waals surface area contributed by atoms with Crippen LogP contribution in [0.3, 0.4) is 0 Å². The Hall–Kier alpha value is -0.0800. The second-order valence-electron chi connectivity index (χ2n) is 4.60. The summed E-state index contributed by atoms with van der Waals surface area (Å²) >= 11 is 0. The largest absolute Gasteiger partial charge is 0.326 e. The van der Waals surface area contributed by atoms with Crippen LogP contribution in [0.25, 0.3) is 0 Å². The molecule has 12 heavy (non-hydrogen) atoms. The summed E-state index contributed by atoms with van der Waals surface area (Å²) in [6.45, 7) is 10.2. The Morgan fingerprint density at radius 2 is 1.83 bits per heavy atom. The van der Waals surface area contributed by atoms with Gasteiger partial charge in [0.05, 0.1) is 0 Å². The molecule has 2 heteroatoms. The van der Waals surface area contributed by atoms with Gasteiger partial charge in [0.2, 0.25) is 0 Å². The fourth-order valence-electron chi connectivity index (χ4n) is 2.18. The smallest absolute Gasteiger partial charge is 0.0183 e. The summed E-state index contributed by atoms with van der Waals surface area (Å²) in [5.74, 6) is 0.737. The van der Waals surface area contributed by atoms with Crippen molar-refractivity contribution in [2.24, 2.45) is 11.7 Å². The predicted molar refractivity (Wildman–Crippen MR) is 53.1 cm³/mol. The zero-order valence-electron chi connectivity index (χ0n) is 8.75. The lowest BCUT2D eigenvalue weighted by molar-refractivity contribution is 0.165. The first-order valence-corrected chi connectivity index (χ1v) is 5.03. The van der Waals surface area contributed by atoms with Crippen LogP contribution in [-0.2, 0) is 0 Å². The third-order valence-electron chi connectivity index (χ3n) is 2.85. The van der Waals surface area contributed by atoms with Crippen molar-refractivity contribution in [2.45, 2.75) is 52.2 Å². The van der Waals surface area contributed by atoms with Crippen molar-refractivity contribution in [3.63, 3.8) is 0 Å². The number of rotatable bonds is 2. The minimum Gasteiger partial charge on any atom is -0.326 e. The Labute approximate surface area is 76.1 Å². The van der Waals surface area contributed by atoms with Gasteiger partial charge in [-0.1, -0.05) is 13.8 Å². The molecule has 2 nitrogen and oxygen atoms in total. The summed E-state index contributed by atoms with van der Waals surface area (Å²) in [6, 6.07) is 1.76. The van der Waals surface area contributed by atoms with Crippen LogP contribution in [0.2, 0.25) is 0 Å². The molecule has 1 aliphatic heterocycles. The number of hydrogen-bond acceptors (Lipinski definition) is 2. The van der Waals surface area contributed by atoms with E-state index in [-0.39, 0.29) is 0 Å². The molecule has 1 rings (SSSR count). The first kappa shape index (κ1) is 10.0. The lowest BCUT2D eigenvalue weighted by atomic mass is 10.0. The van der Waals surface area contributed by atoms with Gasteiger partial charge in [0.15, 0.2) is 0 Å². The molecular formula is C10H22N2. The molecular weight excluding hydrogens is 148 g/mol. The molecule has 1 fully saturated rings. The molecule has 0 spiro atoms. The van der Waals surface area contributed by atoms with Crippen LogP contribution in [0.1, 0.15) is 34.1 Å². The first-order valence-electron chi connectivity index (χ1n) is 5.03. The molecule has 1 unspecified atom stereocenters. The topological polar surface area (TPSA) is 29.3 Å². The van der Waals surface area contributed by atoms with Gasteiger partial charge in [-0.3, -0.25) is 4.90 Å². The van der Waals surface area contributed by atoms with Crippen LogP contribution in [0.4, 0.5) is 0 Å². The van der Waals surface area contributed by atoms with Gasteiger partial charge in [-0.05, 0) is 26.2 Å². The maximum Gasteiger partial charge on any atom is 0.0183 e. The molecule has 0 aromatic carbocycles. The average Bonchev–Trinajstić information content (AvgIpc) is 2.31. The molecule has 2 atom stereocenters. The molecule has 0 radical (unpaired) electrons. The van der Waals surface area contributed by atoms with E-state index in [1.807, 2.05) is 0 Å². The molecule has 0 bridgehead atoms. The minimum absolute atomic E-state index is 0.403. The van der Waals surface area contributed by atoms with Crippen molar-refractivity contribution in [1.82, 2.24) is 4.90 Å². The molecule has 1 aliphatic rings. The lowest BCUT2D eigenvalue weighted by Gasteiger charge is -2.30. The van der Waals surface area contributed by atoms with E-state index in [1.54, 1.807) is 0 Å². The molecule has 1 heterocycles. The lowest BCUT2D eigenvalue weighted by Crippen LogP contribution is -2.39. The van der Waals surface area contributed by atoms with Crippen LogP contribution < -0.4 is 5.73 Å². The van der Waals surface area contributed by atoms with E-state index < -0.39 is 0 Å². The van der Waals surface area contributed by atoms with Crippen LogP contribution in [0.15, 0.2) is 0 Å². The Morgan fingerprint density at radius 1 is 1.25 bits per heavy atom. The zero-order valence-corrected chi connectivity index (χ0v) is 8.75. The summed E-state index contributed by atoms with van der Waals surface area (Å²) in [7, 11) is 0. The SMILES string of the molecule is CC(C)[C@@H]1CC(N)CN1C(C)C. The van der Waals surface area contributed by atoms with Crippen molar-refractivity contribution in [1.29, 1.82) is 0 Å². The van der Waals surface area contributed by atoms with Gasteiger partial charge in [-0.25, -0.2) is 0 Å². The number of hydrogen-bond donors (Lipinski definition) is 1. The van der Waals surface area contributed by atoms with Crippen molar-refractivity contribution < 1.29 is 0 Å². The number of nitrogens with zero attached hydrogens (tertiary/aromatic N) is 1. The molecule has 72 valence electrons. The third-order valence-corrected chi connectivity index (χ3v) is 2.85. The van der Waals surface area contributed by atoms with Gasteiger partial charge in [0, 0.05) is 24.7 Å². The fraction of sp³-hybridized carbons (Fsp3) is 1.00. The molecule has 0 aliphatic carbocycles. The van der Waals surface area contributed by atoms with Crippen LogP contribution in [0, 0.1) is 5.92 Å². The third kappa shape index (κ3) is 1.99. The zero-order chi connectivity index (χ0) is 9.30. The van der Waals surface area contributed by atoms with Crippen molar-refractivity contribution in [3.05, 3.63) is 0 Å². The first-order chi connectivity index (χ1) is 5.52. The maximum atomic E-state index is 5.95. The van der Waals surface area contributed by atoms with E-state index in [4.69, 9.17) is 5.73 Å². The van der Waals surface area contributed by atoms with E-state index in [0.29, 0.717) is 18.1 Å². The Kier molecular flexibility index (Phi) is 3.13. The summed E-state index contributed by atoms with van der Waals surface area (Å²) in [6.07, 6.45) is 1.18. The van der Waals surface area contributed by atoms with Crippen molar-refractivity contribution in [2.75, 3.05) is 6.54 Å². The highest BCUT2D eigenvalue weighted by molar-refractivity contribution is 4.90. The monoisotopic (exact) mass is 170 g/mol. The normalized spacial score (nSPS) is 32.2. The van der Waals surface area contributed by atoms with E-state index in [9.17, 15) is 0 Å². The van der Waals surface area contributed by atoms with Crippen molar-refractivity contribution >= 4 is 0 Å². The summed E-state index contributed by atoms with van der Waals surface area (Å²) in [5, 5.41) is 0. The Bertz CT molecular complexity index is 127. The van der Waals surface area contributed by atoms with Crippen LogP contribution in [-0.4, -0.2) is 29.6 Å². The molecule has 0 aromatic heterocycles. The van der Waals surface area contributed by atoms with Gasteiger partial charge in [0.1, 0.15) is 0 Å². The average molecular weight is 170 g/mol. The molecule has 0 amide bonds. The van der Waals surface area contributed by atoms with Gasteiger partial charge in [-0.2, -0.15) is 0 Å². The standard InChI is InChI=1S/C10H22N2/c1-7(2)10-5-9(11)6-12(10)8(3)4/h7-10H,5-6,11H2,1-4H3/t9?,10-/m0/s1. The van der Waals surface area contributed by atoms with Crippen molar-refractivity contribution in [3.8, 4) is 0 Å². The highest BCUT2D eigenvalue weighted by Gasteiger charge is 2.33. The van der Waals surface area contributed by atoms with Crippen LogP contribution >= 0.6 is 0 Å². The minimum atomic E-state index is 0.403. The van der Waals surface area contributed by atoms with Gasteiger partial charge in [-0.15, -0.1) is 0 Å². The van der Waals surface area contributed by atoms with E-state index in [1.165, 1.54) is 6.42 Å². The summed E-state index contributed by atoms with van der Waals surface area (Å²) in [4.78, 5) is 2.54. The predicted octanol–water partition coefficient (Wildman–Crippen LogP) is 1.45. The number of nitrogens with two attached hydrogens (primary N) is 1. The molecule has 0 aromatic rings. The molecule has 1 saturated heterocycles. The second kappa shape index (κ2) is 3.75. The van der Waals surface area contributed by atoms with E-state index >= 15 is 0 Å². The molecule has 0 saturated carbocycles. The fourth-order valence-corrected chi connectivity index (χ4v) is 2.18. The van der Waals surface area contributed by atoms with Gasteiger partial charge in [0.25, 0.3) is 0 Å². The quantitative estimate of drug-likeness (QED) is 0.679. The van der Waals surface area contributed by atoms with Crippen LogP contribution in [0.5, 0.6) is 0 Å². The summed E-state index contributed by atoms with van der Waals surface area (Å²) < 4.78 is 0. The highest BCUT2D eigenvalue weighted by Crippen LogP contribution is 2.24.